The number of H-pyrrole nitrogens is 1. The van der Waals surface area contributed by atoms with Gasteiger partial charge in [0.15, 0.2) is 0 Å². The Morgan fingerprint density at radius 1 is 1.40 bits per heavy atom. The van der Waals surface area contributed by atoms with E-state index >= 15 is 0 Å². The minimum absolute atomic E-state index is 0.137. The molecule has 7 heteroatoms. The first kappa shape index (κ1) is 16.3. The Balaban J connectivity index is 2.96. The molecule has 1 heterocycles. The molecule has 1 aromatic rings. The number of aliphatic hydroxyl groups is 1. The maximum Gasteiger partial charge on any atom is 0.330 e. The predicted molar refractivity (Wildman–Crippen MR) is 80.0 cm³/mol. The first-order valence-corrected chi connectivity index (χ1v) is 6.91. The van der Waals surface area contributed by atoms with Crippen LogP contribution in [0.25, 0.3) is 0 Å². The van der Waals surface area contributed by atoms with E-state index in [1.54, 1.807) is 0 Å². The van der Waals surface area contributed by atoms with Crippen LogP contribution in [-0.2, 0) is 6.54 Å². The van der Waals surface area contributed by atoms with Crippen molar-refractivity contribution in [3.05, 3.63) is 20.8 Å². The summed E-state index contributed by atoms with van der Waals surface area (Å²) in [5.41, 5.74) is 5.06. The Kier molecular flexibility index (Phi) is 5.82. The fraction of sp³-hybridized carbons (Fsp3) is 0.692. The third kappa shape index (κ3) is 4.12. The van der Waals surface area contributed by atoms with Gasteiger partial charge in [0.1, 0.15) is 11.5 Å². The van der Waals surface area contributed by atoms with E-state index in [9.17, 15) is 14.7 Å². The van der Waals surface area contributed by atoms with Gasteiger partial charge in [-0.05, 0) is 18.8 Å². The Hall–Kier alpha value is -1.76. The van der Waals surface area contributed by atoms with Gasteiger partial charge in [-0.15, -0.1) is 0 Å². The van der Waals surface area contributed by atoms with E-state index in [-0.39, 0.29) is 17.4 Å². The average molecular weight is 284 g/mol. The van der Waals surface area contributed by atoms with Crippen LogP contribution in [0.15, 0.2) is 9.59 Å². The van der Waals surface area contributed by atoms with Crippen molar-refractivity contribution in [1.82, 2.24) is 9.55 Å². The maximum absolute atomic E-state index is 11.8. The highest BCUT2D eigenvalue weighted by Crippen LogP contribution is 2.12. The van der Waals surface area contributed by atoms with E-state index < -0.39 is 17.4 Å². The molecule has 1 atom stereocenters. The van der Waals surface area contributed by atoms with Gasteiger partial charge in [0.2, 0.25) is 0 Å². The zero-order chi connectivity index (χ0) is 15.3. The van der Waals surface area contributed by atoms with Gasteiger partial charge < -0.3 is 16.2 Å². The molecule has 0 radical (unpaired) electrons. The van der Waals surface area contributed by atoms with E-state index in [1.165, 1.54) is 4.57 Å². The molecule has 114 valence electrons. The summed E-state index contributed by atoms with van der Waals surface area (Å²) >= 11 is 0. The first-order valence-electron chi connectivity index (χ1n) is 6.91. The first-order chi connectivity index (χ1) is 9.36. The van der Waals surface area contributed by atoms with Gasteiger partial charge in [-0.3, -0.25) is 14.3 Å². The highest BCUT2D eigenvalue weighted by atomic mass is 16.3. The molecule has 20 heavy (non-hydrogen) atoms. The summed E-state index contributed by atoms with van der Waals surface area (Å²) in [4.78, 5) is 25.8. The number of nitrogens with zero attached hydrogens (tertiary/aromatic N) is 1. The molecule has 0 aliphatic rings. The lowest BCUT2D eigenvalue weighted by Crippen LogP contribution is -2.35. The molecule has 7 nitrogen and oxygen atoms in total. The van der Waals surface area contributed by atoms with Crippen molar-refractivity contribution < 1.29 is 5.11 Å². The van der Waals surface area contributed by atoms with Gasteiger partial charge in [-0.25, -0.2) is 4.79 Å². The zero-order valence-electron chi connectivity index (χ0n) is 12.3. The van der Waals surface area contributed by atoms with Crippen LogP contribution in [0.4, 0.5) is 11.5 Å². The molecule has 0 aromatic carbocycles. The van der Waals surface area contributed by atoms with E-state index in [0.717, 1.165) is 0 Å². The van der Waals surface area contributed by atoms with Crippen LogP contribution in [-0.4, -0.2) is 27.3 Å². The molecule has 0 saturated heterocycles. The molecule has 5 N–H and O–H groups in total. The van der Waals surface area contributed by atoms with Gasteiger partial charge >= 0.3 is 5.69 Å². The lowest BCUT2D eigenvalue weighted by atomic mass is 10.2. The number of aromatic amines is 1. The van der Waals surface area contributed by atoms with Gasteiger partial charge in [0.25, 0.3) is 5.56 Å². The van der Waals surface area contributed by atoms with E-state index in [2.05, 4.69) is 10.3 Å². The van der Waals surface area contributed by atoms with Crippen LogP contribution in [0.2, 0.25) is 0 Å². The third-order valence-electron chi connectivity index (χ3n) is 3.04. The monoisotopic (exact) mass is 284 g/mol. The van der Waals surface area contributed by atoms with E-state index in [4.69, 9.17) is 5.73 Å². The van der Waals surface area contributed by atoms with Crippen molar-refractivity contribution >= 4 is 11.5 Å². The van der Waals surface area contributed by atoms with Gasteiger partial charge in [0.05, 0.1) is 6.10 Å². The maximum atomic E-state index is 11.8. The fourth-order valence-corrected chi connectivity index (χ4v) is 1.87. The standard InChI is InChI=1S/C13H24N4O3/c1-4-9(18)5-6-15-10-11(14)17(7-8(2)3)13(20)16-12(10)19/h8-9,15,18H,4-7,14H2,1-3H3,(H,16,19,20). The number of anilines is 2. The molecule has 1 unspecified atom stereocenters. The number of aromatic nitrogens is 2. The molecule has 0 aliphatic heterocycles. The summed E-state index contributed by atoms with van der Waals surface area (Å²) in [6, 6.07) is 0. The summed E-state index contributed by atoms with van der Waals surface area (Å²) in [5, 5.41) is 12.4. The zero-order valence-corrected chi connectivity index (χ0v) is 12.3. The normalized spacial score (nSPS) is 12.7. The van der Waals surface area contributed by atoms with Crippen molar-refractivity contribution in [2.24, 2.45) is 5.92 Å². The van der Waals surface area contributed by atoms with Gasteiger partial charge in [-0.1, -0.05) is 20.8 Å². The summed E-state index contributed by atoms with van der Waals surface area (Å²) in [5.74, 6) is 0.370. The van der Waals surface area contributed by atoms with Crippen molar-refractivity contribution in [2.75, 3.05) is 17.6 Å². The molecule has 1 rings (SSSR count). The third-order valence-corrected chi connectivity index (χ3v) is 3.04. The smallest absolute Gasteiger partial charge is 0.330 e. The second kappa shape index (κ2) is 7.14. The van der Waals surface area contributed by atoms with Crippen LogP contribution < -0.4 is 22.3 Å². The number of nitrogen functional groups attached to an aromatic ring is 1. The van der Waals surface area contributed by atoms with Crippen LogP contribution in [0.5, 0.6) is 0 Å². The average Bonchev–Trinajstić information content (AvgIpc) is 2.37. The topological polar surface area (TPSA) is 113 Å². The summed E-state index contributed by atoms with van der Waals surface area (Å²) in [6.45, 7) is 6.66. The van der Waals surface area contributed by atoms with Gasteiger partial charge in [0, 0.05) is 13.1 Å². The molecular formula is C13H24N4O3. The summed E-state index contributed by atoms with van der Waals surface area (Å²) in [6.07, 6.45) is 0.753. The Morgan fingerprint density at radius 2 is 2.05 bits per heavy atom. The second-order valence-corrected chi connectivity index (χ2v) is 5.30. The molecule has 0 aliphatic carbocycles. The lowest BCUT2D eigenvalue weighted by Gasteiger charge is -2.16. The van der Waals surface area contributed by atoms with Crippen molar-refractivity contribution in [3.63, 3.8) is 0 Å². The number of nitrogens with one attached hydrogen (secondary N) is 2. The van der Waals surface area contributed by atoms with E-state index in [1.807, 2.05) is 20.8 Å². The van der Waals surface area contributed by atoms with Crippen molar-refractivity contribution in [1.29, 1.82) is 0 Å². The van der Waals surface area contributed by atoms with Crippen LogP contribution in [0, 0.1) is 5.92 Å². The minimum Gasteiger partial charge on any atom is -0.393 e. The van der Waals surface area contributed by atoms with Crippen LogP contribution in [0.3, 0.4) is 0 Å². The molecule has 0 spiro atoms. The highest BCUT2D eigenvalue weighted by molar-refractivity contribution is 5.60. The largest absolute Gasteiger partial charge is 0.393 e. The van der Waals surface area contributed by atoms with Crippen molar-refractivity contribution in [3.8, 4) is 0 Å². The summed E-state index contributed by atoms with van der Waals surface area (Å²) < 4.78 is 1.35. The number of rotatable bonds is 7. The van der Waals surface area contributed by atoms with Gasteiger partial charge in [-0.2, -0.15) is 0 Å². The number of hydrogen-bond acceptors (Lipinski definition) is 5. The minimum atomic E-state index is -0.529. The molecule has 0 fully saturated rings. The quantitative estimate of drug-likeness (QED) is 0.577. The molecule has 0 bridgehead atoms. The molecule has 0 amide bonds. The van der Waals surface area contributed by atoms with Crippen LogP contribution >= 0.6 is 0 Å². The SMILES string of the molecule is CCC(O)CCNc1c(N)n(CC(C)C)c(=O)[nH]c1=O. The number of aliphatic hydroxyl groups excluding tert-OH is 1. The Morgan fingerprint density at radius 3 is 2.60 bits per heavy atom. The van der Waals surface area contributed by atoms with E-state index in [0.29, 0.717) is 25.9 Å². The second-order valence-electron chi connectivity index (χ2n) is 5.30. The molecule has 0 saturated carbocycles. The number of hydrogen-bond donors (Lipinski definition) is 4. The number of nitrogens with two attached hydrogens (primary N) is 1. The highest BCUT2D eigenvalue weighted by Gasteiger charge is 2.13. The van der Waals surface area contributed by atoms with Crippen molar-refractivity contribution in [2.45, 2.75) is 46.3 Å². The predicted octanol–water partition coefficient (Wildman–Crippen LogP) is 0.348. The molecular weight excluding hydrogens is 260 g/mol. The lowest BCUT2D eigenvalue weighted by molar-refractivity contribution is 0.164. The Labute approximate surface area is 117 Å². The van der Waals surface area contributed by atoms with Crippen LogP contribution in [0.1, 0.15) is 33.6 Å². The molecule has 1 aromatic heterocycles. The fourth-order valence-electron chi connectivity index (χ4n) is 1.87. The Bertz CT molecular complexity index is 548. The summed E-state index contributed by atoms with van der Waals surface area (Å²) in [7, 11) is 0.